The van der Waals surface area contributed by atoms with Crippen LogP contribution in [-0.4, -0.2) is 40.6 Å². The predicted molar refractivity (Wildman–Crippen MR) is 92.9 cm³/mol. The Morgan fingerprint density at radius 2 is 2.04 bits per heavy atom. The molecule has 0 radical (unpaired) electrons. The molecule has 6 nitrogen and oxygen atoms in total. The van der Waals surface area contributed by atoms with Gasteiger partial charge in [0.15, 0.2) is 11.4 Å². The molecule has 0 aromatic heterocycles. The Bertz CT molecular complexity index is 731. The molecule has 1 N–H and O–H groups in total. The highest BCUT2D eigenvalue weighted by Gasteiger charge is 2.62. The van der Waals surface area contributed by atoms with Gasteiger partial charge in [-0.15, -0.1) is 0 Å². The van der Waals surface area contributed by atoms with Crippen LogP contribution < -0.4 is 0 Å². The van der Waals surface area contributed by atoms with Gasteiger partial charge in [-0.1, -0.05) is 26.3 Å². The SMILES string of the molecule is CC1=CC(=O)C2=C(C)C[C@H](OC(=O)CC(C)C)[C@H]3[C@H](C)C(=O)O[C@@H]3[C@@]12O. The van der Waals surface area contributed by atoms with Crippen LogP contribution in [-0.2, 0) is 23.9 Å². The van der Waals surface area contributed by atoms with Gasteiger partial charge in [0.1, 0.15) is 12.2 Å². The molecule has 1 aliphatic heterocycles. The smallest absolute Gasteiger partial charge is 0.309 e. The number of hydrogen-bond acceptors (Lipinski definition) is 6. The Balaban J connectivity index is 2.04. The average molecular weight is 362 g/mol. The molecule has 1 fully saturated rings. The fourth-order valence-corrected chi connectivity index (χ4v) is 4.49. The summed E-state index contributed by atoms with van der Waals surface area (Å²) in [5, 5.41) is 11.4. The third-order valence-electron chi connectivity index (χ3n) is 5.75. The molecule has 142 valence electrons. The van der Waals surface area contributed by atoms with Gasteiger partial charge in [-0.25, -0.2) is 0 Å². The molecule has 0 aromatic rings. The number of ether oxygens (including phenoxy) is 2. The van der Waals surface area contributed by atoms with Gasteiger partial charge in [0.05, 0.1) is 11.8 Å². The lowest BCUT2D eigenvalue weighted by molar-refractivity contribution is -0.157. The van der Waals surface area contributed by atoms with Crippen molar-refractivity contribution < 1.29 is 29.0 Å². The van der Waals surface area contributed by atoms with E-state index in [1.807, 2.05) is 13.8 Å². The van der Waals surface area contributed by atoms with Crippen LogP contribution in [0.4, 0.5) is 0 Å². The predicted octanol–water partition coefficient (Wildman–Crippen LogP) is 2.10. The summed E-state index contributed by atoms with van der Waals surface area (Å²) in [5.41, 5.74) is -0.256. The molecule has 1 saturated heterocycles. The van der Waals surface area contributed by atoms with E-state index < -0.39 is 35.6 Å². The molecule has 0 spiro atoms. The Kier molecular flexibility index (Phi) is 4.59. The van der Waals surface area contributed by atoms with Gasteiger partial charge in [-0.2, -0.15) is 0 Å². The molecular formula is C20H26O6. The zero-order valence-corrected chi connectivity index (χ0v) is 15.9. The van der Waals surface area contributed by atoms with Crippen LogP contribution in [0.3, 0.4) is 0 Å². The van der Waals surface area contributed by atoms with Gasteiger partial charge in [0.2, 0.25) is 0 Å². The minimum Gasteiger partial charge on any atom is -0.462 e. The molecule has 0 saturated carbocycles. The van der Waals surface area contributed by atoms with Crippen LogP contribution in [0, 0.1) is 17.8 Å². The van der Waals surface area contributed by atoms with Crippen molar-refractivity contribution in [2.75, 3.05) is 0 Å². The van der Waals surface area contributed by atoms with E-state index in [4.69, 9.17) is 9.47 Å². The summed E-state index contributed by atoms with van der Waals surface area (Å²) in [4.78, 5) is 37.0. The lowest BCUT2D eigenvalue weighted by Crippen LogP contribution is -2.49. The van der Waals surface area contributed by atoms with Crippen molar-refractivity contribution in [3.63, 3.8) is 0 Å². The first-order valence-corrected chi connectivity index (χ1v) is 9.13. The first kappa shape index (κ1) is 18.8. The van der Waals surface area contributed by atoms with Crippen LogP contribution in [0.2, 0.25) is 0 Å². The lowest BCUT2D eigenvalue weighted by Gasteiger charge is -2.35. The van der Waals surface area contributed by atoms with Crippen LogP contribution >= 0.6 is 0 Å². The highest BCUT2D eigenvalue weighted by atomic mass is 16.6. The zero-order valence-electron chi connectivity index (χ0n) is 15.9. The quantitative estimate of drug-likeness (QED) is 0.774. The van der Waals surface area contributed by atoms with Crippen molar-refractivity contribution in [1.29, 1.82) is 0 Å². The lowest BCUT2D eigenvalue weighted by atomic mass is 9.76. The summed E-state index contributed by atoms with van der Waals surface area (Å²) in [5.74, 6) is -1.94. The molecule has 3 aliphatic rings. The third kappa shape index (κ3) is 2.71. The van der Waals surface area contributed by atoms with Crippen molar-refractivity contribution in [2.45, 2.75) is 65.3 Å². The number of rotatable bonds is 3. The van der Waals surface area contributed by atoms with E-state index in [9.17, 15) is 19.5 Å². The molecule has 1 heterocycles. The monoisotopic (exact) mass is 362 g/mol. The van der Waals surface area contributed by atoms with E-state index in [0.717, 1.165) is 0 Å². The largest absolute Gasteiger partial charge is 0.462 e. The first-order chi connectivity index (χ1) is 12.1. The van der Waals surface area contributed by atoms with Gasteiger partial charge in [-0.3, -0.25) is 14.4 Å². The minimum atomic E-state index is -1.65. The molecule has 0 unspecified atom stereocenters. The van der Waals surface area contributed by atoms with Crippen LogP contribution in [0.1, 0.15) is 47.5 Å². The number of carbonyl (C=O) groups excluding carboxylic acids is 3. The summed E-state index contributed by atoms with van der Waals surface area (Å²) in [6.07, 6.45) is 0.427. The van der Waals surface area contributed by atoms with Crippen LogP contribution in [0.15, 0.2) is 22.8 Å². The standard InChI is InChI=1S/C20H26O6/c1-9(2)6-15(22)25-14-7-10(3)17-13(21)8-11(4)20(17,24)18-16(14)12(5)19(23)26-18/h8-9,12,14,16,18,24H,6-7H2,1-5H3/t12-,14-,16+,18-,20+/m0/s1. The van der Waals surface area contributed by atoms with E-state index >= 15 is 0 Å². The number of esters is 2. The Morgan fingerprint density at radius 1 is 1.38 bits per heavy atom. The number of allylic oxidation sites excluding steroid dienone is 1. The highest BCUT2D eigenvalue weighted by molar-refractivity contribution is 6.11. The average Bonchev–Trinajstić information content (AvgIpc) is 2.89. The Hall–Kier alpha value is -1.95. The maximum atomic E-state index is 12.5. The van der Waals surface area contributed by atoms with Crippen LogP contribution in [0.5, 0.6) is 0 Å². The van der Waals surface area contributed by atoms with Crippen LogP contribution in [0.25, 0.3) is 0 Å². The number of fused-ring (bicyclic) bond motifs is 3. The second-order valence-corrected chi connectivity index (χ2v) is 8.17. The van der Waals surface area contributed by atoms with Crippen molar-refractivity contribution >= 4 is 17.7 Å². The number of carbonyl (C=O) groups is 3. The third-order valence-corrected chi connectivity index (χ3v) is 5.75. The molecule has 5 atom stereocenters. The maximum Gasteiger partial charge on any atom is 0.309 e. The van der Waals surface area contributed by atoms with Gasteiger partial charge in [0.25, 0.3) is 0 Å². The molecule has 6 heteroatoms. The Morgan fingerprint density at radius 3 is 2.65 bits per heavy atom. The summed E-state index contributed by atoms with van der Waals surface area (Å²) in [6.45, 7) is 9.00. The first-order valence-electron chi connectivity index (χ1n) is 9.13. The highest BCUT2D eigenvalue weighted by Crippen LogP contribution is 2.51. The summed E-state index contributed by atoms with van der Waals surface area (Å²) >= 11 is 0. The van der Waals surface area contributed by atoms with E-state index in [2.05, 4.69) is 0 Å². The second-order valence-electron chi connectivity index (χ2n) is 8.17. The molecule has 0 aromatic carbocycles. The zero-order chi connectivity index (χ0) is 19.4. The second kappa shape index (κ2) is 6.34. The molecule has 0 amide bonds. The van der Waals surface area contributed by atoms with Gasteiger partial charge in [0, 0.05) is 18.4 Å². The number of aliphatic hydroxyl groups is 1. The van der Waals surface area contributed by atoms with Gasteiger partial charge >= 0.3 is 11.9 Å². The number of ketones is 1. The molecular weight excluding hydrogens is 336 g/mol. The van der Waals surface area contributed by atoms with E-state index in [1.54, 1.807) is 20.8 Å². The van der Waals surface area contributed by atoms with Crippen molar-refractivity contribution in [3.8, 4) is 0 Å². The van der Waals surface area contributed by atoms with Crippen molar-refractivity contribution in [1.82, 2.24) is 0 Å². The van der Waals surface area contributed by atoms with E-state index in [0.29, 0.717) is 17.6 Å². The number of hydrogen-bond donors (Lipinski definition) is 1. The molecule has 26 heavy (non-hydrogen) atoms. The van der Waals surface area contributed by atoms with E-state index in [-0.39, 0.29) is 29.7 Å². The molecule has 2 aliphatic carbocycles. The summed E-state index contributed by atoms with van der Waals surface area (Å²) in [7, 11) is 0. The normalized spacial score (nSPS) is 36.5. The molecule has 3 rings (SSSR count). The van der Waals surface area contributed by atoms with Gasteiger partial charge in [-0.05, 0) is 31.4 Å². The fourth-order valence-electron chi connectivity index (χ4n) is 4.49. The summed E-state index contributed by atoms with van der Waals surface area (Å²) in [6, 6.07) is 0. The molecule has 0 bridgehead atoms. The summed E-state index contributed by atoms with van der Waals surface area (Å²) < 4.78 is 11.2. The topological polar surface area (TPSA) is 89.9 Å². The van der Waals surface area contributed by atoms with Crippen molar-refractivity contribution in [2.24, 2.45) is 17.8 Å². The van der Waals surface area contributed by atoms with Gasteiger partial charge < -0.3 is 14.6 Å². The fraction of sp³-hybridized carbons (Fsp3) is 0.650. The van der Waals surface area contributed by atoms with Crippen molar-refractivity contribution in [3.05, 3.63) is 22.8 Å². The van der Waals surface area contributed by atoms with E-state index in [1.165, 1.54) is 6.08 Å². The minimum absolute atomic E-state index is 0.151. The Labute approximate surface area is 153 Å². The maximum absolute atomic E-state index is 12.5.